The summed E-state index contributed by atoms with van der Waals surface area (Å²) < 4.78 is 1.75. The van der Waals surface area contributed by atoms with Gasteiger partial charge in [-0.25, -0.2) is 4.79 Å². The van der Waals surface area contributed by atoms with E-state index in [1.165, 1.54) is 19.3 Å². The Balaban J connectivity index is 1.93. The van der Waals surface area contributed by atoms with Crippen molar-refractivity contribution < 1.29 is 14.7 Å². The summed E-state index contributed by atoms with van der Waals surface area (Å²) in [5.41, 5.74) is 1.95. The fraction of sp³-hybridized carbons (Fsp3) is 0.458. The van der Waals surface area contributed by atoms with E-state index in [0.717, 1.165) is 24.1 Å². The molecule has 1 aliphatic rings. The summed E-state index contributed by atoms with van der Waals surface area (Å²) in [6, 6.07) is 8.89. The maximum atomic E-state index is 13.3. The Labute approximate surface area is 176 Å². The van der Waals surface area contributed by atoms with Crippen LogP contribution in [0.25, 0.3) is 0 Å². The molecule has 1 fully saturated rings. The molecule has 0 aliphatic heterocycles. The molecule has 0 saturated heterocycles. The van der Waals surface area contributed by atoms with Gasteiger partial charge in [0.1, 0.15) is 5.56 Å². The molecule has 1 aromatic heterocycles. The van der Waals surface area contributed by atoms with E-state index in [2.05, 4.69) is 5.32 Å². The number of carboxylic acids is 1. The van der Waals surface area contributed by atoms with Gasteiger partial charge in [-0.15, -0.1) is 0 Å². The number of rotatable bonds is 7. The predicted molar refractivity (Wildman–Crippen MR) is 116 cm³/mol. The number of carbonyl (C=O) groups excluding carboxylic acids is 1. The van der Waals surface area contributed by atoms with Crippen molar-refractivity contribution in [2.45, 2.75) is 65.0 Å². The second-order valence-electron chi connectivity index (χ2n) is 8.12. The Bertz CT molecular complexity index is 959. The summed E-state index contributed by atoms with van der Waals surface area (Å²) in [5, 5.41) is 12.1. The van der Waals surface area contributed by atoms with Gasteiger partial charge in [-0.1, -0.05) is 56.5 Å². The molecule has 0 radical (unpaired) electrons. The molecular weight excluding hydrogens is 380 g/mol. The Morgan fingerprint density at radius 1 is 1.17 bits per heavy atom. The van der Waals surface area contributed by atoms with E-state index in [0.29, 0.717) is 24.4 Å². The molecule has 1 heterocycles. The van der Waals surface area contributed by atoms with Gasteiger partial charge in [0.05, 0.1) is 0 Å². The van der Waals surface area contributed by atoms with Gasteiger partial charge in [0, 0.05) is 12.2 Å². The summed E-state index contributed by atoms with van der Waals surface area (Å²) in [6.45, 7) is 4.53. The fourth-order valence-electron chi connectivity index (χ4n) is 4.44. The molecule has 0 spiro atoms. The normalized spacial score (nSPS) is 15.5. The minimum Gasteiger partial charge on any atom is -0.479 e. The number of benzene rings is 1. The number of amides is 1. The average Bonchev–Trinajstić information content (AvgIpc) is 2.75. The minimum absolute atomic E-state index is 0.00249. The van der Waals surface area contributed by atoms with Gasteiger partial charge in [-0.2, -0.15) is 0 Å². The second-order valence-corrected chi connectivity index (χ2v) is 8.12. The lowest BCUT2D eigenvalue weighted by Gasteiger charge is -2.25. The van der Waals surface area contributed by atoms with E-state index in [9.17, 15) is 19.5 Å². The van der Waals surface area contributed by atoms with Crippen LogP contribution >= 0.6 is 0 Å². The highest BCUT2D eigenvalue weighted by Crippen LogP contribution is 2.25. The number of hydrogen-bond donors (Lipinski definition) is 2. The zero-order valence-corrected chi connectivity index (χ0v) is 17.7. The van der Waals surface area contributed by atoms with Crippen molar-refractivity contribution in [2.24, 2.45) is 5.92 Å². The number of nitrogens with zero attached hydrogens (tertiary/aromatic N) is 1. The molecular formula is C24H30N2O4. The number of carbonyl (C=O) groups is 2. The smallest absolute Gasteiger partial charge is 0.330 e. The molecule has 1 amide bonds. The first-order valence-electron chi connectivity index (χ1n) is 10.7. The topological polar surface area (TPSA) is 88.4 Å². The first kappa shape index (κ1) is 21.8. The van der Waals surface area contributed by atoms with Crippen molar-refractivity contribution >= 4 is 11.9 Å². The number of aromatic nitrogens is 1. The predicted octanol–water partition coefficient (Wildman–Crippen LogP) is 3.86. The Kier molecular flexibility index (Phi) is 7.08. The van der Waals surface area contributed by atoms with Crippen LogP contribution in [0.3, 0.4) is 0 Å². The fourth-order valence-corrected chi connectivity index (χ4v) is 4.44. The Morgan fingerprint density at radius 3 is 2.43 bits per heavy atom. The van der Waals surface area contributed by atoms with Crippen molar-refractivity contribution in [3.63, 3.8) is 0 Å². The third-order valence-electron chi connectivity index (χ3n) is 6.02. The summed E-state index contributed by atoms with van der Waals surface area (Å²) in [6.07, 6.45) is 6.50. The molecule has 1 atom stereocenters. The van der Waals surface area contributed by atoms with Gasteiger partial charge in [0.2, 0.25) is 0 Å². The standard InChI is InChI=1S/C24H30N2O4/c1-3-20-16(2)14-19(23(28)26(20)15-17-10-6-4-7-11-17)22(27)25-21(24(29)30)18-12-8-5-9-13-18/h5,8-9,12-14,17,21H,3-4,6-7,10-11,15H2,1-2H3,(H,25,27)(H,29,30). The van der Waals surface area contributed by atoms with Crippen LogP contribution in [0.5, 0.6) is 0 Å². The lowest BCUT2D eigenvalue weighted by atomic mass is 9.89. The lowest BCUT2D eigenvalue weighted by Crippen LogP contribution is -2.39. The van der Waals surface area contributed by atoms with Crippen molar-refractivity contribution in [1.29, 1.82) is 0 Å². The van der Waals surface area contributed by atoms with E-state index in [1.807, 2.05) is 13.8 Å². The van der Waals surface area contributed by atoms with Crippen LogP contribution in [-0.4, -0.2) is 21.6 Å². The minimum atomic E-state index is -1.21. The first-order valence-corrected chi connectivity index (χ1v) is 10.7. The summed E-state index contributed by atoms with van der Waals surface area (Å²) in [5.74, 6) is -1.38. The molecule has 2 N–H and O–H groups in total. The number of carboxylic acid groups (broad SMARTS) is 1. The second kappa shape index (κ2) is 9.74. The van der Waals surface area contributed by atoms with Gasteiger partial charge in [0.25, 0.3) is 11.5 Å². The highest BCUT2D eigenvalue weighted by Gasteiger charge is 2.26. The number of hydrogen-bond acceptors (Lipinski definition) is 3. The molecule has 1 unspecified atom stereocenters. The van der Waals surface area contributed by atoms with Gasteiger partial charge in [-0.3, -0.25) is 9.59 Å². The maximum absolute atomic E-state index is 13.3. The van der Waals surface area contributed by atoms with E-state index in [-0.39, 0.29) is 11.1 Å². The largest absolute Gasteiger partial charge is 0.479 e. The molecule has 1 aliphatic carbocycles. The number of aryl methyl sites for hydroxylation is 1. The van der Waals surface area contributed by atoms with Crippen LogP contribution in [0, 0.1) is 12.8 Å². The monoisotopic (exact) mass is 410 g/mol. The average molecular weight is 411 g/mol. The highest BCUT2D eigenvalue weighted by atomic mass is 16.4. The molecule has 30 heavy (non-hydrogen) atoms. The van der Waals surface area contributed by atoms with Gasteiger partial charge in [0.15, 0.2) is 6.04 Å². The van der Waals surface area contributed by atoms with Crippen molar-refractivity contribution in [1.82, 2.24) is 9.88 Å². The molecule has 6 nitrogen and oxygen atoms in total. The molecule has 160 valence electrons. The number of aliphatic carboxylic acids is 1. The molecule has 0 bridgehead atoms. The van der Waals surface area contributed by atoms with Crippen LogP contribution in [0.4, 0.5) is 0 Å². The first-order chi connectivity index (χ1) is 14.4. The Morgan fingerprint density at radius 2 is 1.83 bits per heavy atom. The van der Waals surface area contributed by atoms with Gasteiger partial charge in [-0.05, 0) is 49.3 Å². The van der Waals surface area contributed by atoms with Crippen molar-refractivity contribution in [2.75, 3.05) is 0 Å². The third-order valence-corrected chi connectivity index (χ3v) is 6.02. The van der Waals surface area contributed by atoms with Gasteiger partial charge >= 0.3 is 5.97 Å². The van der Waals surface area contributed by atoms with Crippen molar-refractivity contribution in [3.05, 3.63) is 69.1 Å². The molecule has 1 saturated carbocycles. The van der Waals surface area contributed by atoms with Crippen LogP contribution in [0.1, 0.15) is 72.2 Å². The molecule has 3 rings (SSSR count). The number of nitrogens with one attached hydrogen (secondary N) is 1. The Hall–Kier alpha value is -2.89. The van der Waals surface area contributed by atoms with Crippen LogP contribution in [0.2, 0.25) is 0 Å². The highest BCUT2D eigenvalue weighted by molar-refractivity contribution is 5.96. The van der Waals surface area contributed by atoms with Crippen LogP contribution in [-0.2, 0) is 17.8 Å². The van der Waals surface area contributed by atoms with Crippen LogP contribution in [0.15, 0.2) is 41.2 Å². The molecule has 1 aromatic carbocycles. The van der Waals surface area contributed by atoms with Gasteiger partial charge < -0.3 is 15.0 Å². The maximum Gasteiger partial charge on any atom is 0.330 e. The van der Waals surface area contributed by atoms with E-state index in [4.69, 9.17) is 0 Å². The summed E-state index contributed by atoms with van der Waals surface area (Å²) in [4.78, 5) is 38.0. The zero-order chi connectivity index (χ0) is 21.7. The van der Waals surface area contributed by atoms with E-state index >= 15 is 0 Å². The zero-order valence-electron chi connectivity index (χ0n) is 17.7. The third kappa shape index (κ3) is 4.81. The lowest BCUT2D eigenvalue weighted by molar-refractivity contribution is -0.139. The molecule has 2 aromatic rings. The quantitative estimate of drug-likeness (QED) is 0.726. The summed E-state index contributed by atoms with van der Waals surface area (Å²) in [7, 11) is 0. The van der Waals surface area contributed by atoms with E-state index in [1.54, 1.807) is 41.0 Å². The SMILES string of the molecule is CCc1c(C)cc(C(=O)NC(C(=O)O)c2ccccc2)c(=O)n1CC1CCCCC1. The van der Waals surface area contributed by atoms with Crippen LogP contribution < -0.4 is 10.9 Å². The molecule has 6 heteroatoms. The summed E-state index contributed by atoms with van der Waals surface area (Å²) >= 11 is 0. The van der Waals surface area contributed by atoms with Crippen molar-refractivity contribution in [3.8, 4) is 0 Å². The van der Waals surface area contributed by atoms with E-state index < -0.39 is 17.9 Å². The number of pyridine rings is 1.